The summed E-state index contributed by atoms with van der Waals surface area (Å²) in [7, 11) is 0. The first-order valence-corrected chi connectivity index (χ1v) is 4.41. The lowest BCUT2D eigenvalue weighted by Crippen LogP contribution is -2.10. The predicted molar refractivity (Wildman–Crippen MR) is 48.3 cm³/mol. The molecule has 0 unspecified atom stereocenters. The van der Waals surface area contributed by atoms with Crippen LogP contribution in [0.3, 0.4) is 0 Å². The van der Waals surface area contributed by atoms with Crippen LogP contribution >= 0.6 is 0 Å². The van der Waals surface area contributed by atoms with Gasteiger partial charge in [-0.05, 0) is 6.42 Å². The maximum absolute atomic E-state index is 11.3. The third-order valence-electron chi connectivity index (χ3n) is 1.66. The molecule has 2 N–H and O–H groups in total. The summed E-state index contributed by atoms with van der Waals surface area (Å²) in [6.45, 7) is 3.07. The fraction of sp³-hybridized carbons (Fsp3) is 0.625. The van der Waals surface area contributed by atoms with Gasteiger partial charge in [-0.1, -0.05) is 12.1 Å². The Morgan fingerprint density at radius 1 is 1.69 bits per heavy atom. The lowest BCUT2D eigenvalue weighted by Gasteiger charge is -1.93. The van der Waals surface area contributed by atoms with Gasteiger partial charge in [-0.3, -0.25) is 9.48 Å². The van der Waals surface area contributed by atoms with E-state index < -0.39 is 0 Å². The minimum Gasteiger partial charge on any atom is -0.329 e. The van der Waals surface area contributed by atoms with Crippen LogP contribution < -0.4 is 5.73 Å². The minimum atomic E-state index is 0.0470. The second-order valence-electron chi connectivity index (χ2n) is 2.83. The van der Waals surface area contributed by atoms with Crippen molar-refractivity contribution >= 4 is 5.78 Å². The van der Waals surface area contributed by atoms with Crippen LogP contribution in [0, 0.1) is 0 Å². The van der Waals surface area contributed by atoms with E-state index in [-0.39, 0.29) is 5.78 Å². The van der Waals surface area contributed by atoms with E-state index in [1.165, 1.54) is 0 Å². The zero-order chi connectivity index (χ0) is 9.68. The Bertz CT molecular complexity index is 281. The summed E-state index contributed by atoms with van der Waals surface area (Å²) >= 11 is 0. The number of carbonyl (C=O) groups excluding carboxylic acids is 1. The number of carbonyl (C=O) groups is 1. The Morgan fingerprint density at radius 3 is 3.08 bits per heavy atom. The third-order valence-corrected chi connectivity index (χ3v) is 1.66. The van der Waals surface area contributed by atoms with Crippen LogP contribution in [0.15, 0.2) is 6.20 Å². The molecule has 0 bridgehead atoms. The molecule has 72 valence electrons. The molecule has 13 heavy (non-hydrogen) atoms. The third kappa shape index (κ3) is 2.62. The van der Waals surface area contributed by atoms with Crippen molar-refractivity contribution in [3.8, 4) is 0 Å². The van der Waals surface area contributed by atoms with Crippen LogP contribution in [0.1, 0.15) is 30.3 Å². The first-order valence-electron chi connectivity index (χ1n) is 4.41. The van der Waals surface area contributed by atoms with Gasteiger partial charge in [0.05, 0.1) is 12.7 Å². The molecule has 0 aliphatic carbocycles. The SMILES string of the molecule is CCCC(=O)c1cn(CCN)nn1. The van der Waals surface area contributed by atoms with Crippen LogP contribution in [-0.4, -0.2) is 27.3 Å². The standard InChI is InChI=1S/C8H14N4O/c1-2-3-8(13)7-6-12(5-4-9)11-10-7/h6H,2-5,9H2,1H3. The van der Waals surface area contributed by atoms with Gasteiger partial charge in [0.15, 0.2) is 5.78 Å². The minimum absolute atomic E-state index is 0.0470. The number of nitrogens with zero attached hydrogens (tertiary/aromatic N) is 3. The molecule has 0 saturated carbocycles. The highest BCUT2D eigenvalue weighted by Crippen LogP contribution is 2.00. The van der Waals surface area contributed by atoms with Gasteiger partial charge in [0, 0.05) is 13.0 Å². The van der Waals surface area contributed by atoms with Crippen molar-refractivity contribution in [3.05, 3.63) is 11.9 Å². The fourth-order valence-corrected chi connectivity index (χ4v) is 1.02. The highest BCUT2D eigenvalue weighted by atomic mass is 16.1. The van der Waals surface area contributed by atoms with Crippen molar-refractivity contribution in [2.75, 3.05) is 6.54 Å². The van der Waals surface area contributed by atoms with Gasteiger partial charge in [-0.15, -0.1) is 5.10 Å². The number of rotatable bonds is 5. The molecule has 0 spiro atoms. The maximum atomic E-state index is 11.3. The molecule has 5 nitrogen and oxygen atoms in total. The molecule has 0 radical (unpaired) electrons. The van der Waals surface area contributed by atoms with Crippen LogP contribution in [0.4, 0.5) is 0 Å². The summed E-state index contributed by atoms with van der Waals surface area (Å²) in [5, 5.41) is 7.54. The number of ketones is 1. The summed E-state index contributed by atoms with van der Waals surface area (Å²) in [6.07, 6.45) is 3.01. The molecule has 0 aliphatic heterocycles. The van der Waals surface area contributed by atoms with Gasteiger partial charge in [-0.25, -0.2) is 0 Å². The summed E-state index contributed by atoms with van der Waals surface area (Å²) in [5.74, 6) is 0.0470. The van der Waals surface area contributed by atoms with Crippen molar-refractivity contribution < 1.29 is 4.79 Å². The van der Waals surface area contributed by atoms with Crippen molar-refractivity contribution in [1.29, 1.82) is 0 Å². The number of nitrogens with two attached hydrogens (primary N) is 1. The average molecular weight is 182 g/mol. The Hall–Kier alpha value is -1.23. The van der Waals surface area contributed by atoms with E-state index >= 15 is 0 Å². The lowest BCUT2D eigenvalue weighted by molar-refractivity contribution is 0.0977. The molecule has 5 heteroatoms. The van der Waals surface area contributed by atoms with E-state index in [0.717, 1.165) is 6.42 Å². The Labute approximate surface area is 76.9 Å². The summed E-state index contributed by atoms with van der Waals surface area (Å²) in [6, 6.07) is 0. The van der Waals surface area contributed by atoms with E-state index in [1.807, 2.05) is 6.92 Å². The fourth-order valence-electron chi connectivity index (χ4n) is 1.02. The Kier molecular flexibility index (Phi) is 3.57. The molecule has 0 atom stereocenters. The molecule has 1 rings (SSSR count). The van der Waals surface area contributed by atoms with Crippen LogP contribution in [0.25, 0.3) is 0 Å². The first kappa shape index (κ1) is 9.85. The van der Waals surface area contributed by atoms with E-state index in [1.54, 1.807) is 10.9 Å². The number of hydrogen-bond acceptors (Lipinski definition) is 4. The Balaban J connectivity index is 2.62. The van der Waals surface area contributed by atoms with Gasteiger partial charge in [0.2, 0.25) is 0 Å². The smallest absolute Gasteiger partial charge is 0.184 e. The van der Waals surface area contributed by atoms with Gasteiger partial charge < -0.3 is 5.73 Å². The van der Waals surface area contributed by atoms with E-state index in [9.17, 15) is 4.79 Å². The summed E-state index contributed by atoms with van der Waals surface area (Å²) in [5.41, 5.74) is 5.77. The van der Waals surface area contributed by atoms with Crippen molar-refractivity contribution in [2.24, 2.45) is 5.73 Å². The van der Waals surface area contributed by atoms with E-state index in [2.05, 4.69) is 10.3 Å². The molecular weight excluding hydrogens is 168 g/mol. The van der Waals surface area contributed by atoms with Gasteiger partial charge in [-0.2, -0.15) is 0 Å². The van der Waals surface area contributed by atoms with Crippen molar-refractivity contribution in [2.45, 2.75) is 26.3 Å². The molecule has 0 aliphatic rings. The average Bonchev–Trinajstić information content (AvgIpc) is 2.54. The summed E-state index contributed by atoms with van der Waals surface area (Å²) in [4.78, 5) is 11.3. The van der Waals surface area contributed by atoms with E-state index in [4.69, 9.17) is 5.73 Å². The predicted octanol–water partition coefficient (Wildman–Crippen LogP) is 0.220. The normalized spacial score (nSPS) is 10.3. The number of aromatic nitrogens is 3. The molecule has 0 amide bonds. The van der Waals surface area contributed by atoms with E-state index in [0.29, 0.717) is 25.2 Å². The summed E-state index contributed by atoms with van der Waals surface area (Å²) < 4.78 is 1.59. The molecule has 1 aromatic heterocycles. The topological polar surface area (TPSA) is 73.8 Å². The van der Waals surface area contributed by atoms with Crippen LogP contribution in [0.2, 0.25) is 0 Å². The second-order valence-corrected chi connectivity index (χ2v) is 2.83. The largest absolute Gasteiger partial charge is 0.329 e. The van der Waals surface area contributed by atoms with Gasteiger partial charge in [0.25, 0.3) is 0 Å². The molecule has 1 heterocycles. The molecular formula is C8H14N4O. The molecule has 0 saturated heterocycles. The Morgan fingerprint density at radius 2 is 2.46 bits per heavy atom. The van der Waals surface area contributed by atoms with Crippen molar-refractivity contribution in [1.82, 2.24) is 15.0 Å². The number of Topliss-reactive ketones (excluding diaryl/α,β-unsaturated/α-hetero) is 1. The second kappa shape index (κ2) is 4.71. The van der Waals surface area contributed by atoms with Crippen LogP contribution in [0.5, 0.6) is 0 Å². The zero-order valence-corrected chi connectivity index (χ0v) is 7.73. The van der Waals surface area contributed by atoms with Gasteiger partial charge >= 0.3 is 0 Å². The molecule has 1 aromatic rings. The molecule has 0 aromatic carbocycles. The van der Waals surface area contributed by atoms with Crippen LogP contribution in [-0.2, 0) is 6.54 Å². The lowest BCUT2D eigenvalue weighted by atomic mass is 10.2. The van der Waals surface area contributed by atoms with Crippen molar-refractivity contribution in [3.63, 3.8) is 0 Å². The molecule has 0 fully saturated rings. The van der Waals surface area contributed by atoms with Gasteiger partial charge in [0.1, 0.15) is 5.69 Å². The number of hydrogen-bond donors (Lipinski definition) is 1. The first-order chi connectivity index (χ1) is 6.27. The highest BCUT2D eigenvalue weighted by Gasteiger charge is 2.08. The highest BCUT2D eigenvalue weighted by molar-refractivity contribution is 5.93. The monoisotopic (exact) mass is 182 g/mol. The maximum Gasteiger partial charge on any atom is 0.184 e. The quantitative estimate of drug-likeness (QED) is 0.661. The zero-order valence-electron chi connectivity index (χ0n) is 7.73.